The quantitative estimate of drug-likeness (QED) is 0.538. The first kappa shape index (κ1) is 19.0. The van der Waals surface area contributed by atoms with Crippen LogP contribution in [-0.4, -0.2) is 41.7 Å². The van der Waals surface area contributed by atoms with Gasteiger partial charge in [0.1, 0.15) is 23.0 Å². The number of para-hydroxylation sites is 1. The number of aromatic nitrogens is 6. The van der Waals surface area contributed by atoms with E-state index in [-0.39, 0.29) is 23.7 Å². The van der Waals surface area contributed by atoms with Crippen LogP contribution >= 0.6 is 0 Å². The Kier molecular flexibility index (Phi) is 4.91. The number of rotatable bonds is 5. The zero-order chi connectivity index (χ0) is 21.2. The van der Waals surface area contributed by atoms with Gasteiger partial charge in [0.05, 0.1) is 11.9 Å². The fourth-order valence-corrected chi connectivity index (χ4v) is 3.71. The van der Waals surface area contributed by atoms with Crippen molar-refractivity contribution in [3.63, 3.8) is 0 Å². The molecule has 3 aromatic heterocycles. The number of hydrogen-bond acceptors (Lipinski definition) is 6. The second-order valence-electron chi connectivity index (χ2n) is 7.31. The van der Waals surface area contributed by atoms with E-state index in [9.17, 15) is 9.18 Å². The standard InChI is InChI=1S/C22H18FN7O/c23-16-5-1-2-7-19(16)30-20(28-29-21(30)18-13-24-9-10-26-18)14-11-15(12-14)27-22(31)17-6-3-4-8-25-17/h1-10,13-15H,11-12H2,(H,27,31)/t14-,15-. The van der Waals surface area contributed by atoms with Gasteiger partial charge in [0, 0.05) is 30.6 Å². The summed E-state index contributed by atoms with van der Waals surface area (Å²) >= 11 is 0. The number of amides is 1. The van der Waals surface area contributed by atoms with Crippen LogP contribution in [0.25, 0.3) is 17.2 Å². The number of pyridine rings is 1. The highest BCUT2D eigenvalue weighted by Gasteiger charge is 2.36. The third kappa shape index (κ3) is 3.65. The van der Waals surface area contributed by atoms with Crippen LogP contribution in [0.3, 0.4) is 0 Å². The molecule has 0 bridgehead atoms. The molecule has 0 atom stereocenters. The van der Waals surface area contributed by atoms with Gasteiger partial charge in [-0.1, -0.05) is 18.2 Å². The van der Waals surface area contributed by atoms with Gasteiger partial charge in [-0.15, -0.1) is 10.2 Å². The van der Waals surface area contributed by atoms with Gasteiger partial charge in [0.25, 0.3) is 5.91 Å². The van der Waals surface area contributed by atoms with Crippen LogP contribution in [0.1, 0.15) is 35.1 Å². The third-order valence-corrected chi connectivity index (χ3v) is 5.31. The van der Waals surface area contributed by atoms with Crippen molar-refractivity contribution in [2.45, 2.75) is 24.8 Å². The Morgan fingerprint density at radius 1 is 1.00 bits per heavy atom. The molecule has 0 unspecified atom stereocenters. The normalized spacial score (nSPS) is 17.7. The molecule has 0 spiro atoms. The lowest BCUT2D eigenvalue weighted by atomic mass is 9.79. The van der Waals surface area contributed by atoms with Crippen LogP contribution in [0.15, 0.2) is 67.3 Å². The number of carbonyl (C=O) groups is 1. The summed E-state index contributed by atoms with van der Waals surface area (Å²) in [5.74, 6) is 0.489. The van der Waals surface area contributed by atoms with Crippen molar-refractivity contribution in [2.24, 2.45) is 0 Å². The number of nitrogens with one attached hydrogen (secondary N) is 1. The fourth-order valence-electron chi connectivity index (χ4n) is 3.71. The molecule has 8 nitrogen and oxygen atoms in total. The SMILES string of the molecule is O=C(N[C@H]1C[C@H](c2nnc(-c3cnccn3)n2-c2ccccc2F)C1)c1ccccn1. The minimum Gasteiger partial charge on any atom is -0.348 e. The van der Waals surface area contributed by atoms with Crippen LogP contribution in [0, 0.1) is 5.82 Å². The molecule has 1 amide bonds. The number of carbonyl (C=O) groups excluding carboxylic acids is 1. The fraction of sp³-hybridized carbons (Fsp3) is 0.182. The summed E-state index contributed by atoms with van der Waals surface area (Å²) in [6.07, 6.45) is 7.62. The molecule has 0 radical (unpaired) electrons. The van der Waals surface area contributed by atoms with Crippen molar-refractivity contribution >= 4 is 5.91 Å². The van der Waals surface area contributed by atoms with Crippen molar-refractivity contribution in [1.82, 2.24) is 35.0 Å². The Labute approximate surface area is 177 Å². The highest BCUT2D eigenvalue weighted by atomic mass is 19.1. The molecule has 1 aliphatic carbocycles. The van der Waals surface area contributed by atoms with Crippen molar-refractivity contribution in [3.05, 3.63) is 84.6 Å². The second kappa shape index (κ2) is 8.02. The Morgan fingerprint density at radius 3 is 2.58 bits per heavy atom. The molecule has 1 aliphatic rings. The zero-order valence-electron chi connectivity index (χ0n) is 16.4. The van der Waals surface area contributed by atoms with E-state index < -0.39 is 0 Å². The van der Waals surface area contributed by atoms with Gasteiger partial charge < -0.3 is 5.32 Å². The van der Waals surface area contributed by atoms with Gasteiger partial charge in [0.15, 0.2) is 5.82 Å². The Hall–Kier alpha value is -4.01. The molecule has 1 saturated carbocycles. The summed E-state index contributed by atoms with van der Waals surface area (Å²) in [6.45, 7) is 0. The smallest absolute Gasteiger partial charge is 0.270 e. The van der Waals surface area contributed by atoms with Crippen molar-refractivity contribution < 1.29 is 9.18 Å². The van der Waals surface area contributed by atoms with E-state index in [2.05, 4.69) is 30.5 Å². The third-order valence-electron chi connectivity index (χ3n) is 5.31. The number of benzene rings is 1. The van der Waals surface area contributed by atoms with Gasteiger partial charge >= 0.3 is 0 Å². The summed E-state index contributed by atoms with van der Waals surface area (Å²) in [5.41, 5.74) is 1.23. The van der Waals surface area contributed by atoms with E-state index in [0.29, 0.717) is 41.6 Å². The Balaban J connectivity index is 1.41. The molecule has 1 fully saturated rings. The first-order valence-corrected chi connectivity index (χ1v) is 9.89. The summed E-state index contributed by atoms with van der Waals surface area (Å²) in [7, 11) is 0. The molecule has 5 rings (SSSR count). The topological polar surface area (TPSA) is 98.5 Å². The maximum Gasteiger partial charge on any atom is 0.270 e. The highest BCUT2D eigenvalue weighted by Crippen LogP contribution is 2.38. The highest BCUT2D eigenvalue weighted by molar-refractivity contribution is 5.92. The van der Waals surface area contributed by atoms with Crippen molar-refractivity contribution in [2.75, 3.05) is 0 Å². The molecule has 1 N–H and O–H groups in total. The lowest BCUT2D eigenvalue weighted by molar-refractivity contribution is 0.0902. The lowest BCUT2D eigenvalue weighted by Gasteiger charge is -2.35. The van der Waals surface area contributed by atoms with Crippen LogP contribution in [-0.2, 0) is 0 Å². The zero-order valence-corrected chi connectivity index (χ0v) is 16.4. The summed E-state index contributed by atoms with van der Waals surface area (Å²) in [6, 6.07) is 11.7. The molecular weight excluding hydrogens is 397 g/mol. The van der Waals surface area contributed by atoms with E-state index in [1.54, 1.807) is 65.8 Å². The molecule has 154 valence electrons. The Bertz CT molecular complexity index is 1210. The second-order valence-corrected chi connectivity index (χ2v) is 7.31. The Morgan fingerprint density at radius 2 is 1.84 bits per heavy atom. The first-order valence-electron chi connectivity index (χ1n) is 9.89. The molecule has 1 aromatic carbocycles. The van der Waals surface area contributed by atoms with E-state index >= 15 is 0 Å². The average Bonchev–Trinajstić information content (AvgIpc) is 3.21. The largest absolute Gasteiger partial charge is 0.348 e. The number of halogens is 1. The van der Waals surface area contributed by atoms with Crippen molar-refractivity contribution in [1.29, 1.82) is 0 Å². The van der Waals surface area contributed by atoms with E-state index in [4.69, 9.17) is 0 Å². The van der Waals surface area contributed by atoms with Crippen LogP contribution in [0.2, 0.25) is 0 Å². The predicted molar refractivity (Wildman–Crippen MR) is 110 cm³/mol. The van der Waals surface area contributed by atoms with Crippen LogP contribution in [0.4, 0.5) is 4.39 Å². The molecule has 0 saturated heterocycles. The van der Waals surface area contributed by atoms with E-state index in [1.807, 2.05) is 0 Å². The van der Waals surface area contributed by atoms with Gasteiger partial charge in [0.2, 0.25) is 0 Å². The maximum atomic E-state index is 14.7. The van der Waals surface area contributed by atoms with Crippen LogP contribution < -0.4 is 5.32 Å². The minimum atomic E-state index is -0.381. The molecule has 0 aliphatic heterocycles. The maximum absolute atomic E-state index is 14.7. The molecular formula is C22H18FN7O. The monoisotopic (exact) mass is 415 g/mol. The molecule has 3 heterocycles. The number of hydrogen-bond donors (Lipinski definition) is 1. The van der Waals surface area contributed by atoms with Gasteiger partial charge in [-0.3, -0.25) is 19.3 Å². The van der Waals surface area contributed by atoms with E-state index in [1.165, 1.54) is 6.07 Å². The summed E-state index contributed by atoms with van der Waals surface area (Å²) in [5, 5.41) is 11.6. The number of nitrogens with zero attached hydrogens (tertiary/aromatic N) is 6. The summed E-state index contributed by atoms with van der Waals surface area (Å²) < 4.78 is 16.4. The van der Waals surface area contributed by atoms with Crippen molar-refractivity contribution in [3.8, 4) is 17.2 Å². The van der Waals surface area contributed by atoms with Gasteiger partial charge in [-0.05, 0) is 37.1 Å². The van der Waals surface area contributed by atoms with Gasteiger partial charge in [-0.2, -0.15) is 0 Å². The lowest BCUT2D eigenvalue weighted by Crippen LogP contribution is -2.44. The average molecular weight is 415 g/mol. The molecule has 31 heavy (non-hydrogen) atoms. The van der Waals surface area contributed by atoms with Crippen LogP contribution in [0.5, 0.6) is 0 Å². The predicted octanol–water partition coefficient (Wildman–Crippen LogP) is 2.93. The van der Waals surface area contributed by atoms with E-state index in [0.717, 1.165) is 0 Å². The molecule has 9 heteroatoms. The minimum absolute atomic E-state index is 0.00903. The summed E-state index contributed by atoms with van der Waals surface area (Å²) in [4.78, 5) is 24.8. The van der Waals surface area contributed by atoms with Gasteiger partial charge in [-0.25, -0.2) is 9.37 Å². The first-order chi connectivity index (χ1) is 15.2. The molecule has 4 aromatic rings.